The maximum absolute atomic E-state index is 11.6. The van der Waals surface area contributed by atoms with Crippen molar-refractivity contribution in [2.24, 2.45) is 0 Å². The number of hydrogen-bond acceptors (Lipinski definition) is 6. The maximum atomic E-state index is 11.6. The summed E-state index contributed by atoms with van der Waals surface area (Å²) < 4.78 is 28.6. The summed E-state index contributed by atoms with van der Waals surface area (Å²) in [6, 6.07) is 0. The molecule has 0 spiro atoms. The molecule has 2 aliphatic rings. The smallest absolute Gasteiger partial charge is 0.231 e. The zero-order valence-corrected chi connectivity index (χ0v) is 11.7. The minimum absolute atomic E-state index is 0.0900. The number of sulfone groups is 1. The normalized spacial score (nSPS) is 31.2. The third kappa shape index (κ3) is 2.97. The van der Waals surface area contributed by atoms with Crippen LogP contribution in [0.15, 0.2) is 4.52 Å². The van der Waals surface area contributed by atoms with Crippen molar-refractivity contribution in [1.82, 2.24) is 15.5 Å². The van der Waals surface area contributed by atoms with Crippen LogP contribution in [0.2, 0.25) is 0 Å². The Morgan fingerprint density at radius 2 is 2.05 bits per heavy atom. The number of nitrogens with zero attached hydrogens (tertiary/aromatic N) is 2. The Bertz CT molecular complexity index is 534. The van der Waals surface area contributed by atoms with E-state index in [0.29, 0.717) is 23.9 Å². The molecule has 3 rings (SSSR count). The number of piperidine rings is 1. The largest absolute Gasteiger partial charge is 0.339 e. The molecular formula is C12H19N3O3S. The van der Waals surface area contributed by atoms with Crippen molar-refractivity contribution < 1.29 is 12.9 Å². The predicted octanol–water partition coefficient (Wildman–Crippen LogP) is 0.829. The summed E-state index contributed by atoms with van der Waals surface area (Å²) in [5, 5.41) is 7.31. The second-order valence-electron chi connectivity index (χ2n) is 5.49. The van der Waals surface area contributed by atoms with Gasteiger partial charge < -0.3 is 9.84 Å². The molecule has 0 bridgehead atoms. The Kier molecular flexibility index (Phi) is 3.58. The molecule has 6 nitrogen and oxygen atoms in total. The van der Waals surface area contributed by atoms with Crippen LogP contribution < -0.4 is 5.32 Å². The molecule has 0 aliphatic carbocycles. The molecule has 1 aromatic heterocycles. The molecule has 1 aromatic rings. The zero-order valence-electron chi connectivity index (χ0n) is 10.8. The highest BCUT2D eigenvalue weighted by Gasteiger charge is 2.30. The van der Waals surface area contributed by atoms with Gasteiger partial charge in [0.25, 0.3) is 0 Å². The van der Waals surface area contributed by atoms with E-state index >= 15 is 0 Å². The lowest BCUT2D eigenvalue weighted by molar-refractivity contribution is 0.318. The molecule has 2 atom stereocenters. The molecule has 2 unspecified atom stereocenters. The van der Waals surface area contributed by atoms with Crippen molar-refractivity contribution in [3.8, 4) is 0 Å². The summed E-state index contributed by atoms with van der Waals surface area (Å²) in [5.41, 5.74) is 0. The van der Waals surface area contributed by atoms with Crippen molar-refractivity contribution >= 4 is 9.84 Å². The second-order valence-corrected chi connectivity index (χ2v) is 7.72. The van der Waals surface area contributed by atoms with E-state index in [2.05, 4.69) is 15.5 Å². The van der Waals surface area contributed by atoms with E-state index in [1.54, 1.807) is 0 Å². The molecule has 2 fully saturated rings. The lowest BCUT2D eigenvalue weighted by Crippen LogP contribution is -2.28. The fraction of sp³-hybridized carbons (Fsp3) is 0.833. The van der Waals surface area contributed by atoms with Gasteiger partial charge in [0, 0.05) is 12.5 Å². The first-order valence-electron chi connectivity index (χ1n) is 6.89. The van der Waals surface area contributed by atoms with Crippen LogP contribution in [-0.4, -0.2) is 43.2 Å². The Morgan fingerprint density at radius 1 is 1.21 bits per heavy atom. The second kappa shape index (κ2) is 5.20. The number of hydrogen-bond donors (Lipinski definition) is 1. The van der Waals surface area contributed by atoms with Crippen molar-refractivity contribution in [3.05, 3.63) is 11.7 Å². The first kappa shape index (κ1) is 13.1. The maximum Gasteiger partial charge on any atom is 0.231 e. The fourth-order valence-corrected chi connectivity index (χ4v) is 4.57. The minimum Gasteiger partial charge on any atom is -0.339 e. The van der Waals surface area contributed by atoms with E-state index < -0.39 is 9.84 Å². The Balaban J connectivity index is 1.73. The highest BCUT2D eigenvalue weighted by molar-refractivity contribution is 7.91. The lowest BCUT2D eigenvalue weighted by atomic mass is 9.99. The van der Waals surface area contributed by atoms with E-state index in [0.717, 1.165) is 32.4 Å². The Labute approximate surface area is 112 Å². The van der Waals surface area contributed by atoms with Gasteiger partial charge in [-0.2, -0.15) is 4.98 Å². The monoisotopic (exact) mass is 285 g/mol. The van der Waals surface area contributed by atoms with E-state index in [4.69, 9.17) is 4.52 Å². The molecule has 2 aliphatic heterocycles. The molecule has 1 N–H and O–H groups in total. The van der Waals surface area contributed by atoms with Gasteiger partial charge >= 0.3 is 0 Å². The van der Waals surface area contributed by atoms with Crippen LogP contribution in [0.4, 0.5) is 0 Å². The highest BCUT2D eigenvalue weighted by Crippen LogP contribution is 2.28. The average Bonchev–Trinajstić information content (AvgIpc) is 2.88. The third-order valence-electron chi connectivity index (χ3n) is 3.93. The Hall–Kier alpha value is -0.950. The minimum atomic E-state index is -2.93. The van der Waals surface area contributed by atoms with Crippen molar-refractivity contribution in [3.63, 3.8) is 0 Å². The summed E-state index contributed by atoms with van der Waals surface area (Å²) in [6.07, 6.45) is 3.70. The van der Waals surface area contributed by atoms with Crippen molar-refractivity contribution in [2.45, 2.75) is 37.5 Å². The first-order chi connectivity index (χ1) is 9.14. The molecule has 0 amide bonds. The standard InChI is InChI=1S/C12H19N3O3S/c16-19(17)6-2-4-10(8-19)11-14-12(18-15-11)9-3-1-5-13-7-9/h9-10,13H,1-8H2. The third-order valence-corrected chi connectivity index (χ3v) is 5.75. The molecule has 0 aromatic carbocycles. The van der Waals surface area contributed by atoms with Gasteiger partial charge in [-0.15, -0.1) is 0 Å². The van der Waals surface area contributed by atoms with Crippen LogP contribution in [0.3, 0.4) is 0 Å². The van der Waals surface area contributed by atoms with Crippen LogP contribution in [0.1, 0.15) is 49.2 Å². The van der Waals surface area contributed by atoms with Crippen LogP contribution in [0.25, 0.3) is 0 Å². The van der Waals surface area contributed by atoms with Gasteiger partial charge in [-0.3, -0.25) is 0 Å². The fourth-order valence-electron chi connectivity index (χ4n) is 2.87. The van der Waals surface area contributed by atoms with Gasteiger partial charge in [0.2, 0.25) is 5.89 Å². The zero-order chi connectivity index (χ0) is 13.3. The lowest BCUT2D eigenvalue weighted by Gasteiger charge is -2.19. The van der Waals surface area contributed by atoms with Gasteiger partial charge in [-0.05, 0) is 32.2 Å². The first-order valence-corrected chi connectivity index (χ1v) is 8.71. The Morgan fingerprint density at radius 3 is 2.79 bits per heavy atom. The van der Waals surface area contributed by atoms with Gasteiger partial charge in [-0.1, -0.05) is 5.16 Å². The van der Waals surface area contributed by atoms with Gasteiger partial charge in [0.1, 0.15) is 0 Å². The average molecular weight is 285 g/mol. The van der Waals surface area contributed by atoms with E-state index in [1.165, 1.54) is 0 Å². The number of nitrogens with one attached hydrogen (secondary N) is 1. The summed E-state index contributed by atoms with van der Waals surface area (Å²) >= 11 is 0. The van der Waals surface area contributed by atoms with E-state index in [-0.39, 0.29) is 17.6 Å². The molecule has 0 radical (unpaired) electrons. The number of rotatable bonds is 2. The van der Waals surface area contributed by atoms with Crippen LogP contribution in [-0.2, 0) is 9.84 Å². The summed E-state index contributed by atoms with van der Waals surface area (Å²) in [4.78, 5) is 4.44. The van der Waals surface area contributed by atoms with Crippen LogP contribution in [0.5, 0.6) is 0 Å². The van der Waals surface area contributed by atoms with E-state index in [9.17, 15) is 8.42 Å². The highest BCUT2D eigenvalue weighted by atomic mass is 32.2. The predicted molar refractivity (Wildman–Crippen MR) is 69.8 cm³/mol. The van der Waals surface area contributed by atoms with Crippen LogP contribution >= 0.6 is 0 Å². The SMILES string of the molecule is O=S1(=O)CCCC(c2noc(C3CCCNC3)n2)C1. The molecule has 0 saturated carbocycles. The molecule has 2 saturated heterocycles. The summed E-state index contributed by atoms with van der Waals surface area (Å²) in [6.45, 7) is 1.91. The van der Waals surface area contributed by atoms with Gasteiger partial charge in [0.15, 0.2) is 15.7 Å². The topological polar surface area (TPSA) is 85.1 Å². The van der Waals surface area contributed by atoms with Crippen LogP contribution in [0, 0.1) is 0 Å². The summed E-state index contributed by atoms with van der Waals surface area (Å²) in [5.74, 6) is 1.87. The summed E-state index contributed by atoms with van der Waals surface area (Å²) in [7, 11) is -2.93. The molecular weight excluding hydrogens is 266 g/mol. The van der Waals surface area contributed by atoms with Gasteiger partial charge in [0.05, 0.1) is 17.4 Å². The van der Waals surface area contributed by atoms with Crippen molar-refractivity contribution in [1.29, 1.82) is 0 Å². The molecule has 3 heterocycles. The van der Waals surface area contributed by atoms with Gasteiger partial charge in [-0.25, -0.2) is 8.42 Å². The molecule has 7 heteroatoms. The number of aromatic nitrogens is 2. The molecule has 19 heavy (non-hydrogen) atoms. The quantitative estimate of drug-likeness (QED) is 0.866. The van der Waals surface area contributed by atoms with Crippen molar-refractivity contribution in [2.75, 3.05) is 24.6 Å². The van der Waals surface area contributed by atoms with E-state index in [1.807, 2.05) is 0 Å². The molecule has 106 valence electrons.